The first-order valence-electron chi connectivity index (χ1n) is 6.15. The van der Waals surface area contributed by atoms with Crippen LogP contribution in [0.25, 0.3) is 5.52 Å². The Hall–Kier alpha value is -2.00. The number of aromatic nitrogens is 2. The second kappa shape index (κ2) is 4.94. The van der Waals surface area contributed by atoms with Crippen LogP contribution in [0.15, 0.2) is 48.8 Å². The standard InChI is InChI=1S/C15H14ClN3/c1-11-5-6-13(16)14(8-11)17-9-12-10-18-19-7-3-2-4-15(12)19/h2-8,10,17H,9H2,1H3. The molecule has 0 radical (unpaired) electrons. The highest BCUT2D eigenvalue weighted by Crippen LogP contribution is 2.23. The Morgan fingerprint density at radius 1 is 1.26 bits per heavy atom. The Labute approximate surface area is 116 Å². The molecule has 0 atom stereocenters. The van der Waals surface area contributed by atoms with E-state index in [2.05, 4.69) is 23.4 Å². The molecular weight excluding hydrogens is 258 g/mol. The van der Waals surface area contributed by atoms with Crippen molar-refractivity contribution < 1.29 is 0 Å². The number of anilines is 1. The molecule has 3 aromatic rings. The van der Waals surface area contributed by atoms with Crippen LogP contribution >= 0.6 is 11.6 Å². The van der Waals surface area contributed by atoms with Crippen LogP contribution in [0, 0.1) is 6.92 Å². The Kier molecular flexibility index (Phi) is 3.13. The topological polar surface area (TPSA) is 29.3 Å². The van der Waals surface area contributed by atoms with Gasteiger partial charge < -0.3 is 5.32 Å². The maximum atomic E-state index is 6.17. The van der Waals surface area contributed by atoms with Gasteiger partial charge in [-0.15, -0.1) is 0 Å². The van der Waals surface area contributed by atoms with E-state index >= 15 is 0 Å². The molecule has 0 spiro atoms. The number of fused-ring (bicyclic) bond motifs is 1. The Morgan fingerprint density at radius 3 is 3.05 bits per heavy atom. The van der Waals surface area contributed by atoms with Gasteiger partial charge in [0.15, 0.2) is 0 Å². The number of rotatable bonds is 3. The largest absolute Gasteiger partial charge is 0.380 e. The molecule has 0 fully saturated rings. The fourth-order valence-electron chi connectivity index (χ4n) is 2.09. The van der Waals surface area contributed by atoms with Gasteiger partial charge in [0, 0.05) is 18.3 Å². The van der Waals surface area contributed by atoms with Crippen LogP contribution in [0.4, 0.5) is 5.69 Å². The first-order chi connectivity index (χ1) is 9.24. The van der Waals surface area contributed by atoms with Crippen molar-refractivity contribution in [3.63, 3.8) is 0 Å². The number of nitrogens with one attached hydrogen (secondary N) is 1. The normalized spacial score (nSPS) is 10.8. The van der Waals surface area contributed by atoms with Crippen LogP contribution in [-0.4, -0.2) is 9.61 Å². The van der Waals surface area contributed by atoms with E-state index in [9.17, 15) is 0 Å². The summed E-state index contributed by atoms with van der Waals surface area (Å²) in [5.41, 5.74) is 4.40. The average molecular weight is 272 g/mol. The molecule has 0 unspecified atom stereocenters. The minimum Gasteiger partial charge on any atom is -0.380 e. The lowest BCUT2D eigenvalue weighted by Crippen LogP contribution is -2.00. The average Bonchev–Trinajstić information content (AvgIpc) is 2.83. The van der Waals surface area contributed by atoms with Crippen LogP contribution in [0.1, 0.15) is 11.1 Å². The summed E-state index contributed by atoms with van der Waals surface area (Å²) in [6.07, 6.45) is 3.82. The van der Waals surface area contributed by atoms with E-state index < -0.39 is 0 Å². The number of halogens is 1. The molecule has 0 amide bonds. The number of nitrogens with zero attached hydrogens (tertiary/aromatic N) is 2. The number of pyridine rings is 1. The van der Waals surface area contributed by atoms with Crippen LogP contribution in [0.5, 0.6) is 0 Å². The molecule has 4 heteroatoms. The van der Waals surface area contributed by atoms with Gasteiger partial charge in [0.25, 0.3) is 0 Å². The molecule has 96 valence electrons. The zero-order valence-electron chi connectivity index (χ0n) is 10.6. The first kappa shape index (κ1) is 12.1. The summed E-state index contributed by atoms with van der Waals surface area (Å²) >= 11 is 6.17. The lowest BCUT2D eigenvalue weighted by atomic mass is 10.2. The van der Waals surface area contributed by atoms with E-state index in [-0.39, 0.29) is 0 Å². The van der Waals surface area contributed by atoms with Crippen molar-refractivity contribution >= 4 is 22.8 Å². The third kappa shape index (κ3) is 2.42. The molecule has 2 aromatic heterocycles. The van der Waals surface area contributed by atoms with E-state index in [1.165, 1.54) is 5.56 Å². The molecule has 0 aliphatic carbocycles. The zero-order chi connectivity index (χ0) is 13.2. The highest BCUT2D eigenvalue weighted by Gasteiger charge is 2.04. The molecule has 1 aromatic carbocycles. The number of hydrogen-bond donors (Lipinski definition) is 1. The van der Waals surface area contributed by atoms with Gasteiger partial charge in [0.2, 0.25) is 0 Å². The van der Waals surface area contributed by atoms with Crippen molar-refractivity contribution in [3.8, 4) is 0 Å². The smallest absolute Gasteiger partial charge is 0.0711 e. The van der Waals surface area contributed by atoms with E-state index in [0.29, 0.717) is 6.54 Å². The summed E-state index contributed by atoms with van der Waals surface area (Å²) in [6, 6.07) is 12.0. The molecule has 0 saturated carbocycles. The van der Waals surface area contributed by atoms with Crippen molar-refractivity contribution in [1.82, 2.24) is 9.61 Å². The lowest BCUT2D eigenvalue weighted by Gasteiger charge is -2.08. The number of benzene rings is 1. The molecule has 0 bridgehead atoms. The maximum Gasteiger partial charge on any atom is 0.0711 e. The van der Waals surface area contributed by atoms with Crippen LogP contribution in [-0.2, 0) is 6.54 Å². The Bertz CT molecular complexity index is 718. The predicted octanol–water partition coefficient (Wildman–Crippen LogP) is 3.91. The van der Waals surface area contributed by atoms with E-state index in [1.54, 1.807) is 0 Å². The van der Waals surface area contributed by atoms with Crippen molar-refractivity contribution in [3.05, 3.63) is 64.9 Å². The second-order valence-corrected chi connectivity index (χ2v) is 4.94. The minimum atomic E-state index is 0.705. The predicted molar refractivity (Wildman–Crippen MR) is 78.7 cm³/mol. The molecule has 0 aliphatic heterocycles. The van der Waals surface area contributed by atoms with E-state index in [1.807, 2.05) is 47.2 Å². The Morgan fingerprint density at radius 2 is 2.16 bits per heavy atom. The van der Waals surface area contributed by atoms with Crippen molar-refractivity contribution in [1.29, 1.82) is 0 Å². The molecule has 0 aliphatic rings. The second-order valence-electron chi connectivity index (χ2n) is 4.54. The Balaban J connectivity index is 1.84. The van der Waals surface area contributed by atoms with Gasteiger partial charge in [-0.1, -0.05) is 23.7 Å². The van der Waals surface area contributed by atoms with Gasteiger partial charge in [0.05, 0.1) is 22.4 Å². The quantitative estimate of drug-likeness (QED) is 0.783. The van der Waals surface area contributed by atoms with Crippen molar-refractivity contribution in [2.24, 2.45) is 0 Å². The number of aryl methyl sites for hydroxylation is 1. The summed E-state index contributed by atoms with van der Waals surface area (Å²) in [4.78, 5) is 0. The summed E-state index contributed by atoms with van der Waals surface area (Å²) in [5.74, 6) is 0. The van der Waals surface area contributed by atoms with Crippen LogP contribution in [0.3, 0.4) is 0 Å². The van der Waals surface area contributed by atoms with Crippen molar-refractivity contribution in [2.45, 2.75) is 13.5 Å². The van der Waals surface area contributed by atoms with E-state index in [0.717, 1.165) is 21.8 Å². The van der Waals surface area contributed by atoms with Gasteiger partial charge >= 0.3 is 0 Å². The molecule has 0 saturated heterocycles. The summed E-state index contributed by atoms with van der Waals surface area (Å²) in [5, 5.41) is 8.42. The van der Waals surface area contributed by atoms with Crippen molar-refractivity contribution in [2.75, 3.05) is 5.32 Å². The monoisotopic (exact) mass is 271 g/mol. The first-order valence-corrected chi connectivity index (χ1v) is 6.53. The fourth-order valence-corrected chi connectivity index (χ4v) is 2.27. The minimum absolute atomic E-state index is 0.705. The molecule has 2 heterocycles. The summed E-state index contributed by atoms with van der Waals surface area (Å²) in [6.45, 7) is 2.76. The molecule has 1 N–H and O–H groups in total. The van der Waals surface area contributed by atoms with Gasteiger partial charge in [-0.3, -0.25) is 0 Å². The highest BCUT2D eigenvalue weighted by molar-refractivity contribution is 6.33. The lowest BCUT2D eigenvalue weighted by molar-refractivity contribution is 0.961. The van der Waals surface area contributed by atoms with Crippen LogP contribution in [0.2, 0.25) is 5.02 Å². The van der Waals surface area contributed by atoms with Gasteiger partial charge in [-0.2, -0.15) is 5.10 Å². The third-order valence-corrected chi connectivity index (χ3v) is 3.43. The zero-order valence-corrected chi connectivity index (χ0v) is 11.4. The summed E-state index contributed by atoms with van der Waals surface area (Å²) in [7, 11) is 0. The van der Waals surface area contributed by atoms with Gasteiger partial charge in [-0.25, -0.2) is 4.52 Å². The van der Waals surface area contributed by atoms with Crippen LogP contribution < -0.4 is 5.32 Å². The molecular formula is C15H14ClN3. The maximum absolute atomic E-state index is 6.17. The summed E-state index contributed by atoms with van der Waals surface area (Å²) < 4.78 is 1.87. The third-order valence-electron chi connectivity index (χ3n) is 3.10. The molecule has 19 heavy (non-hydrogen) atoms. The SMILES string of the molecule is Cc1ccc(Cl)c(NCc2cnn3ccccc23)c1. The fraction of sp³-hybridized carbons (Fsp3) is 0.133. The molecule has 3 rings (SSSR count). The molecule has 3 nitrogen and oxygen atoms in total. The number of hydrogen-bond acceptors (Lipinski definition) is 2. The van der Waals surface area contributed by atoms with Gasteiger partial charge in [0.1, 0.15) is 0 Å². The van der Waals surface area contributed by atoms with Gasteiger partial charge in [-0.05, 0) is 36.8 Å². The highest BCUT2D eigenvalue weighted by atomic mass is 35.5. The van der Waals surface area contributed by atoms with E-state index in [4.69, 9.17) is 11.6 Å².